The molecule has 1 aromatic rings. The predicted octanol–water partition coefficient (Wildman–Crippen LogP) is 0.930. The molecule has 7 heteroatoms. The van der Waals surface area contributed by atoms with Crippen LogP contribution in [0.4, 0.5) is 18.9 Å². The average Bonchev–Trinajstić information content (AvgIpc) is 2.25. The van der Waals surface area contributed by atoms with Gasteiger partial charge >= 0.3 is 6.18 Å². The van der Waals surface area contributed by atoms with Gasteiger partial charge in [-0.25, -0.2) is 0 Å². The molecule has 0 aliphatic heterocycles. The molecule has 17 heavy (non-hydrogen) atoms. The van der Waals surface area contributed by atoms with Gasteiger partial charge in [0.05, 0.1) is 5.56 Å². The van der Waals surface area contributed by atoms with Crippen LogP contribution in [0.1, 0.15) is 5.56 Å². The molecule has 0 spiro atoms. The van der Waals surface area contributed by atoms with Gasteiger partial charge in [-0.3, -0.25) is 4.79 Å². The predicted molar refractivity (Wildman–Crippen MR) is 57.1 cm³/mol. The lowest BCUT2D eigenvalue weighted by Gasteiger charge is -2.11. The first kappa shape index (κ1) is 13.3. The van der Waals surface area contributed by atoms with Gasteiger partial charge in [0.15, 0.2) is 0 Å². The zero-order valence-corrected chi connectivity index (χ0v) is 8.79. The number of carbonyl (C=O) groups is 1. The highest BCUT2D eigenvalue weighted by Crippen LogP contribution is 2.29. The summed E-state index contributed by atoms with van der Waals surface area (Å²) in [7, 11) is 0. The smallest absolute Gasteiger partial charge is 0.383 e. The Balaban J connectivity index is 2.60. The molecule has 1 rings (SSSR count). The average molecular weight is 247 g/mol. The number of nitrogens with two attached hydrogens (primary N) is 2. The maximum Gasteiger partial charge on any atom is 0.416 e. The summed E-state index contributed by atoms with van der Waals surface area (Å²) < 4.78 is 36.7. The van der Waals surface area contributed by atoms with Crippen molar-refractivity contribution in [3.8, 4) is 0 Å². The fourth-order valence-electron chi connectivity index (χ4n) is 1.11. The Labute approximate surface area is 95.8 Å². The van der Waals surface area contributed by atoms with Crippen molar-refractivity contribution in [2.45, 2.75) is 12.2 Å². The van der Waals surface area contributed by atoms with Crippen LogP contribution in [0, 0.1) is 0 Å². The lowest BCUT2D eigenvalue weighted by Crippen LogP contribution is -2.41. The monoisotopic (exact) mass is 247 g/mol. The molecule has 0 radical (unpaired) electrons. The highest BCUT2D eigenvalue weighted by atomic mass is 19.4. The maximum absolute atomic E-state index is 12.2. The van der Waals surface area contributed by atoms with E-state index in [1.54, 1.807) is 0 Å². The molecule has 1 aromatic carbocycles. The normalized spacial score (nSPS) is 13.2. The van der Waals surface area contributed by atoms with Gasteiger partial charge in [-0.05, 0) is 24.3 Å². The summed E-state index contributed by atoms with van der Waals surface area (Å²) in [5, 5.41) is 2.71. The molecule has 0 fully saturated rings. The minimum Gasteiger partial charge on any atom is -0.383 e. The third kappa shape index (κ3) is 3.95. The fourth-order valence-corrected chi connectivity index (χ4v) is 1.11. The van der Waals surface area contributed by atoms with Crippen molar-refractivity contribution in [3.63, 3.8) is 0 Å². The van der Waals surface area contributed by atoms with Crippen LogP contribution in [-0.2, 0) is 11.0 Å². The van der Waals surface area contributed by atoms with Gasteiger partial charge in [0.1, 0.15) is 6.04 Å². The van der Waals surface area contributed by atoms with Gasteiger partial charge in [0.2, 0.25) is 5.91 Å². The van der Waals surface area contributed by atoms with Crippen LogP contribution in [0.5, 0.6) is 0 Å². The van der Waals surface area contributed by atoms with Gasteiger partial charge in [0, 0.05) is 12.2 Å². The van der Waals surface area contributed by atoms with Crippen molar-refractivity contribution >= 4 is 11.6 Å². The largest absolute Gasteiger partial charge is 0.416 e. The maximum atomic E-state index is 12.2. The van der Waals surface area contributed by atoms with E-state index in [1.807, 2.05) is 0 Å². The number of alkyl halides is 3. The standard InChI is InChI=1S/C10H12F3N3O/c11-10(12,13)6-1-3-7(4-2-6)16-5-8(14)9(15)17/h1-4,8,16H,5,14H2,(H2,15,17). The topological polar surface area (TPSA) is 81.1 Å². The first-order chi connectivity index (χ1) is 7.80. The van der Waals surface area contributed by atoms with Crippen molar-refractivity contribution in [2.75, 3.05) is 11.9 Å². The summed E-state index contributed by atoms with van der Waals surface area (Å²) in [5.41, 5.74) is 9.98. The summed E-state index contributed by atoms with van der Waals surface area (Å²) in [6.07, 6.45) is -4.36. The molecule has 4 nitrogen and oxygen atoms in total. The molecule has 94 valence electrons. The second-order valence-corrected chi connectivity index (χ2v) is 3.46. The SMILES string of the molecule is NC(=O)C(N)CNc1ccc(C(F)(F)F)cc1. The Morgan fingerprint density at radius 3 is 2.24 bits per heavy atom. The number of amides is 1. The van der Waals surface area contributed by atoms with Crippen LogP contribution < -0.4 is 16.8 Å². The molecule has 0 saturated carbocycles. The number of rotatable bonds is 4. The van der Waals surface area contributed by atoms with E-state index in [0.717, 1.165) is 12.1 Å². The second-order valence-electron chi connectivity index (χ2n) is 3.46. The van der Waals surface area contributed by atoms with Crippen LogP contribution >= 0.6 is 0 Å². The van der Waals surface area contributed by atoms with Gasteiger partial charge in [0.25, 0.3) is 0 Å². The highest BCUT2D eigenvalue weighted by molar-refractivity contribution is 5.80. The van der Waals surface area contributed by atoms with Gasteiger partial charge in [-0.1, -0.05) is 0 Å². The lowest BCUT2D eigenvalue weighted by atomic mass is 10.2. The molecule has 1 amide bonds. The van der Waals surface area contributed by atoms with Crippen molar-refractivity contribution < 1.29 is 18.0 Å². The van der Waals surface area contributed by atoms with E-state index in [4.69, 9.17) is 11.5 Å². The summed E-state index contributed by atoms with van der Waals surface area (Å²) in [6, 6.07) is 3.53. The molecular formula is C10H12F3N3O. The minimum absolute atomic E-state index is 0.0701. The quantitative estimate of drug-likeness (QED) is 0.740. The number of halogens is 3. The highest BCUT2D eigenvalue weighted by Gasteiger charge is 2.29. The van der Waals surface area contributed by atoms with Gasteiger partial charge in [-0.15, -0.1) is 0 Å². The summed E-state index contributed by atoms with van der Waals surface area (Å²) in [4.78, 5) is 10.6. The van der Waals surface area contributed by atoms with Gasteiger partial charge in [-0.2, -0.15) is 13.2 Å². The van der Waals surface area contributed by atoms with Gasteiger partial charge < -0.3 is 16.8 Å². The van der Waals surface area contributed by atoms with Crippen LogP contribution in [0.2, 0.25) is 0 Å². The third-order valence-electron chi connectivity index (χ3n) is 2.10. The van der Waals surface area contributed by atoms with E-state index >= 15 is 0 Å². The number of nitrogens with one attached hydrogen (secondary N) is 1. The Bertz CT molecular complexity index is 389. The fraction of sp³-hybridized carbons (Fsp3) is 0.300. The summed E-state index contributed by atoms with van der Waals surface area (Å²) in [6.45, 7) is 0.0701. The van der Waals surface area contributed by atoms with E-state index < -0.39 is 23.7 Å². The molecule has 0 heterocycles. The number of benzene rings is 1. The van der Waals surface area contributed by atoms with E-state index in [0.29, 0.717) is 5.69 Å². The number of hydrogen-bond donors (Lipinski definition) is 3. The Morgan fingerprint density at radius 1 is 1.29 bits per heavy atom. The molecule has 0 bridgehead atoms. The molecule has 0 aromatic heterocycles. The molecule has 1 unspecified atom stereocenters. The number of hydrogen-bond acceptors (Lipinski definition) is 3. The number of carbonyl (C=O) groups excluding carboxylic acids is 1. The van der Waals surface area contributed by atoms with Crippen molar-refractivity contribution in [1.82, 2.24) is 0 Å². The minimum atomic E-state index is -4.36. The molecule has 0 aliphatic rings. The van der Waals surface area contributed by atoms with E-state index in [1.165, 1.54) is 12.1 Å². The van der Waals surface area contributed by atoms with Crippen LogP contribution in [0.25, 0.3) is 0 Å². The lowest BCUT2D eigenvalue weighted by molar-refractivity contribution is -0.137. The van der Waals surface area contributed by atoms with E-state index in [-0.39, 0.29) is 6.54 Å². The summed E-state index contributed by atoms with van der Waals surface area (Å²) >= 11 is 0. The van der Waals surface area contributed by atoms with Crippen LogP contribution in [0.15, 0.2) is 24.3 Å². The van der Waals surface area contributed by atoms with Crippen molar-refractivity contribution in [3.05, 3.63) is 29.8 Å². The second kappa shape index (κ2) is 5.05. The van der Waals surface area contributed by atoms with Crippen LogP contribution in [-0.4, -0.2) is 18.5 Å². The first-order valence-electron chi connectivity index (χ1n) is 4.76. The molecular weight excluding hydrogens is 235 g/mol. The first-order valence-corrected chi connectivity index (χ1v) is 4.76. The zero-order chi connectivity index (χ0) is 13.1. The zero-order valence-electron chi connectivity index (χ0n) is 8.79. The Hall–Kier alpha value is -1.76. The Kier molecular flexibility index (Phi) is 3.95. The Morgan fingerprint density at radius 2 is 1.82 bits per heavy atom. The van der Waals surface area contributed by atoms with Crippen molar-refractivity contribution in [2.24, 2.45) is 11.5 Å². The molecule has 1 atom stereocenters. The van der Waals surface area contributed by atoms with E-state index in [9.17, 15) is 18.0 Å². The number of primary amides is 1. The molecule has 5 N–H and O–H groups in total. The third-order valence-corrected chi connectivity index (χ3v) is 2.10. The van der Waals surface area contributed by atoms with E-state index in [2.05, 4.69) is 5.32 Å². The number of anilines is 1. The van der Waals surface area contributed by atoms with Crippen molar-refractivity contribution in [1.29, 1.82) is 0 Å². The molecule has 0 saturated heterocycles. The molecule has 0 aliphatic carbocycles. The van der Waals surface area contributed by atoms with Crippen LogP contribution in [0.3, 0.4) is 0 Å². The summed E-state index contributed by atoms with van der Waals surface area (Å²) in [5.74, 6) is -0.676.